The topological polar surface area (TPSA) is 20.3 Å². The summed E-state index contributed by atoms with van der Waals surface area (Å²) < 4.78 is 42.8. The number of hydrogen-bond donors (Lipinski definition) is 0. The zero-order chi connectivity index (χ0) is 17.2. The van der Waals surface area contributed by atoms with Crippen LogP contribution in [0.15, 0.2) is 48.5 Å². The number of carbonyl (C=O) groups is 1. The molecule has 0 aliphatic carbocycles. The van der Waals surface area contributed by atoms with Crippen molar-refractivity contribution < 1.29 is 18.0 Å². The highest BCUT2D eigenvalue weighted by Crippen LogP contribution is 2.38. The number of nitrogens with zero attached hydrogens (tertiary/aromatic N) is 1. The maximum Gasteiger partial charge on any atom is 0.344 e. The summed E-state index contributed by atoms with van der Waals surface area (Å²) in [5.74, 6) is -5.75. The lowest BCUT2D eigenvalue weighted by molar-refractivity contribution is -0.0449. The Hall–Kier alpha value is -2.01. The summed E-state index contributed by atoms with van der Waals surface area (Å²) in [5, 5.41) is 0.128. The zero-order valence-corrected chi connectivity index (χ0v) is 13.3. The number of halogens is 4. The number of hydrogen-bond acceptors (Lipinski definition) is 2. The predicted octanol–water partition coefficient (Wildman–Crippen LogP) is 4.93. The number of anilines is 1. The van der Waals surface area contributed by atoms with Crippen LogP contribution in [-0.2, 0) is 0 Å². The van der Waals surface area contributed by atoms with Gasteiger partial charge in [-0.25, -0.2) is 4.39 Å². The Bertz CT molecular complexity index is 718. The van der Waals surface area contributed by atoms with Crippen LogP contribution in [0.2, 0.25) is 5.02 Å². The van der Waals surface area contributed by atoms with Crippen LogP contribution in [0, 0.1) is 0 Å². The van der Waals surface area contributed by atoms with Crippen molar-refractivity contribution in [2.75, 3.05) is 19.0 Å². The molecule has 0 saturated heterocycles. The average molecular weight is 342 g/mol. The minimum Gasteiger partial charge on any atom is -0.378 e. The second kappa shape index (κ2) is 6.62. The minimum atomic E-state index is -4.18. The van der Waals surface area contributed by atoms with Gasteiger partial charge in [-0.05, 0) is 29.8 Å². The van der Waals surface area contributed by atoms with E-state index in [9.17, 15) is 18.0 Å². The first kappa shape index (κ1) is 17.3. The van der Waals surface area contributed by atoms with Gasteiger partial charge in [0.15, 0.2) is 6.17 Å². The molecule has 0 saturated carbocycles. The molecule has 0 radical (unpaired) electrons. The van der Waals surface area contributed by atoms with Crippen LogP contribution in [-0.4, -0.2) is 25.8 Å². The first-order valence-electron chi connectivity index (χ1n) is 6.83. The number of Topliss-reactive ketones (excluding diaryl/α,β-unsaturated/α-hetero) is 1. The van der Waals surface area contributed by atoms with Gasteiger partial charge in [0.2, 0.25) is 5.78 Å². The van der Waals surface area contributed by atoms with Gasteiger partial charge in [-0.15, -0.1) is 0 Å². The number of rotatable bonds is 5. The Labute approximate surface area is 137 Å². The molecule has 0 heterocycles. The van der Waals surface area contributed by atoms with Crippen LogP contribution in [0.3, 0.4) is 0 Å². The summed E-state index contributed by atoms with van der Waals surface area (Å²) in [5.41, 5.74) is -0.00435. The normalized spacial score (nSPS) is 12.8. The van der Waals surface area contributed by atoms with Crippen molar-refractivity contribution in [1.29, 1.82) is 0 Å². The van der Waals surface area contributed by atoms with Gasteiger partial charge >= 0.3 is 5.92 Å². The Morgan fingerprint density at radius 1 is 1.13 bits per heavy atom. The van der Waals surface area contributed by atoms with Crippen molar-refractivity contribution >= 4 is 23.1 Å². The van der Waals surface area contributed by atoms with Crippen molar-refractivity contribution in [3.05, 3.63) is 64.7 Å². The van der Waals surface area contributed by atoms with E-state index in [4.69, 9.17) is 11.6 Å². The van der Waals surface area contributed by atoms with Crippen LogP contribution in [0.5, 0.6) is 0 Å². The number of ketones is 1. The van der Waals surface area contributed by atoms with E-state index < -0.39 is 17.9 Å². The molecule has 0 aromatic heterocycles. The summed E-state index contributed by atoms with van der Waals surface area (Å²) in [6.07, 6.45) is -2.77. The molecular weight excluding hydrogens is 327 g/mol. The van der Waals surface area contributed by atoms with E-state index in [-0.39, 0.29) is 16.1 Å². The van der Waals surface area contributed by atoms with Gasteiger partial charge < -0.3 is 4.90 Å². The van der Waals surface area contributed by atoms with Crippen LogP contribution in [0.1, 0.15) is 22.1 Å². The van der Waals surface area contributed by atoms with E-state index in [1.807, 2.05) is 0 Å². The fourth-order valence-electron chi connectivity index (χ4n) is 2.11. The highest BCUT2D eigenvalue weighted by Gasteiger charge is 2.49. The van der Waals surface area contributed by atoms with Crippen molar-refractivity contribution in [2.24, 2.45) is 0 Å². The monoisotopic (exact) mass is 341 g/mol. The van der Waals surface area contributed by atoms with E-state index in [0.29, 0.717) is 5.69 Å². The lowest BCUT2D eigenvalue weighted by Crippen LogP contribution is -2.34. The molecule has 122 valence electrons. The van der Waals surface area contributed by atoms with Crippen molar-refractivity contribution in [2.45, 2.75) is 12.1 Å². The van der Waals surface area contributed by atoms with Crippen LogP contribution >= 0.6 is 11.6 Å². The fourth-order valence-corrected chi connectivity index (χ4v) is 2.31. The van der Waals surface area contributed by atoms with E-state index >= 15 is 0 Å². The average Bonchev–Trinajstić information content (AvgIpc) is 2.53. The SMILES string of the molecule is CN(C)c1cccc(C(=O)C(F)(F)C(F)c2cccc(Cl)c2)c1. The van der Waals surface area contributed by atoms with E-state index in [1.54, 1.807) is 25.1 Å². The van der Waals surface area contributed by atoms with E-state index in [0.717, 1.165) is 6.07 Å². The Balaban J connectivity index is 2.34. The number of carbonyl (C=O) groups excluding carboxylic acids is 1. The van der Waals surface area contributed by atoms with Crippen LogP contribution < -0.4 is 4.90 Å². The van der Waals surface area contributed by atoms with Crippen LogP contribution in [0.4, 0.5) is 18.9 Å². The highest BCUT2D eigenvalue weighted by molar-refractivity contribution is 6.30. The van der Waals surface area contributed by atoms with Crippen molar-refractivity contribution in [1.82, 2.24) is 0 Å². The van der Waals surface area contributed by atoms with E-state index in [1.165, 1.54) is 36.4 Å². The number of alkyl halides is 3. The lowest BCUT2D eigenvalue weighted by Gasteiger charge is -2.21. The second-order valence-electron chi connectivity index (χ2n) is 5.31. The fraction of sp³-hybridized carbons (Fsp3) is 0.235. The molecule has 23 heavy (non-hydrogen) atoms. The Kier molecular flexibility index (Phi) is 5.00. The smallest absolute Gasteiger partial charge is 0.344 e. The molecule has 2 aromatic rings. The quantitative estimate of drug-likeness (QED) is 0.718. The molecular formula is C17H15ClF3NO. The molecule has 2 rings (SSSR count). The molecule has 1 unspecified atom stereocenters. The number of benzene rings is 2. The first-order chi connectivity index (χ1) is 10.7. The summed E-state index contributed by atoms with van der Waals surface area (Å²) in [6, 6.07) is 10.8. The lowest BCUT2D eigenvalue weighted by atomic mass is 9.97. The summed E-state index contributed by atoms with van der Waals surface area (Å²) in [4.78, 5) is 13.8. The molecule has 1 atom stereocenters. The maximum atomic E-state index is 14.3. The molecule has 0 fully saturated rings. The van der Waals surface area contributed by atoms with Crippen molar-refractivity contribution in [3.8, 4) is 0 Å². The minimum absolute atomic E-state index is 0.128. The molecule has 2 nitrogen and oxygen atoms in total. The molecule has 0 spiro atoms. The third-order valence-corrected chi connectivity index (χ3v) is 3.62. The van der Waals surface area contributed by atoms with Gasteiger partial charge in [0.25, 0.3) is 0 Å². The molecule has 0 aliphatic heterocycles. The molecule has 0 N–H and O–H groups in total. The Morgan fingerprint density at radius 2 is 1.78 bits per heavy atom. The summed E-state index contributed by atoms with van der Waals surface area (Å²) >= 11 is 5.69. The molecule has 2 aromatic carbocycles. The van der Waals surface area contributed by atoms with Gasteiger partial charge in [-0.1, -0.05) is 35.9 Å². The maximum absolute atomic E-state index is 14.3. The molecule has 0 amide bonds. The van der Waals surface area contributed by atoms with Gasteiger partial charge in [-0.2, -0.15) is 8.78 Å². The third-order valence-electron chi connectivity index (χ3n) is 3.39. The van der Waals surface area contributed by atoms with Crippen LogP contribution in [0.25, 0.3) is 0 Å². The zero-order valence-electron chi connectivity index (χ0n) is 12.6. The highest BCUT2D eigenvalue weighted by atomic mass is 35.5. The van der Waals surface area contributed by atoms with Gasteiger partial charge in [-0.3, -0.25) is 4.79 Å². The summed E-state index contributed by atoms with van der Waals surface area (Å²) in [6.45, 7) is 0. The Morgan fingerprint density at radius 3 is 2.39 bits per heavy atom. The standard InChI is InChI=1S/C17H15ClF3NO/c1-22(2)14-8-4-6-12(10-14)16(23)17(20,21)15(19)11-5-3-7-13(18)9-11/h3-10,15H,1-2H3. The van der Waals surface area contributed by atoms with Crippen molar-refractivity contribution in [3.63, 3.8) is 0 Å². The molecule has 0 aliphatic rings. The second-order valence-corrected chi connectivity index (χ2v) is 5.75. The van der Waals surface area contributed by atoms with E-state index in [2.05, 4.69) is 0 Å². The molecule has 0 bridgehead atoms. The first-order valence-corrected chi connectivity index (χ1v) is 7.21. The molecule has 6 heteroatoms. The predicted molar refractivity (Wildman–Crippen MR) is 85.3 cm³/mol. The third kappa shape index (κ3) is 3.67. The largest absolute Gasteiger partial charge is 0.378 e. The van der Waals surface area contributed by atoms with Gasteiger partial charge in [0.05, 0.1) is 0 Å². The van der Waals surface area contributed by atoms with Gasteiger partial charge in [0.1, 0.15) is 0 Å². The van der Waals surface area contributed by atoms with Gasteiger partial charge in [0, 0.05) is 30.4 Å². The summed E-state index contributed by atoms with van der Waals surface area (Å²) in [7, 11) is 3.43.